The molecule has 0 aliphatic carbocycles. The third-order valence-electron chi connectivity index (χ3n) is 2.14. The van der Waals surface area contributed by atoms with Crippen molar-refractivity contribution in [1.29, 1.82) is 0 Å². The van der Waals surface area contributed by atoms with Crippen LogP contribution >= 0.6 is 12.4 Å². The highest BCUT2D eigenvalue weighted by molar-refractivity contribution is 5.85. The molecule has 0 atom stereocenters. The van der Waals surface area contributed by atoms with E-state index in [4.69, 9.17) is 0 Å². The molecule has 0 heterocycles. The van der Waals surface area contributed by atoms with Gasteiger partial charge in [-0.25, -0.2) is 0 Å². The lowest BCUT2D eigenvalue weighted by Gasteiger charge is -2.22. The molecule has 0 aliphatic heterocycles. The standard InChI is InChI=1S/C11H24N2O.ClH/c1-5-13(9-10(2)3)11(14)7-6-8-12-4;/h10,12H,5-9H2,1-4H3;1H. The Morgan fingerprint density at radius 2 is 2.00 bits per heavy atom. The van der Waals surface area contributed by atoms with Gasteiger partial charge in [0.25, 0.3) is 0 Å². The predicted molar refractivity (Wildman–Crippen MR) is 67.5 cm³/mol. The first kappa shape index (κ1) is 17.1. The zero-order valence-corrected chi connectivity index (χ0v) is 11.2. The highest BCUT2D eigenvalue weighted by Crippen LogP contribution is 2.02. The van der Waals surface area contributed by atoms with Gasteiger partial charge in [-0.05, 0) is 32.9 Å². The minimum absolute atomic E-state index is 0. The van der Waals surface area contributed by atoms with Gasteiger partial charge in [-0.2, -0.15) is 0 Å². The smallest absolute Gasteiger partial charge is 0.222 e. The van der Waals surface area contributed by atoms with E-state index in [1.54, 1.807) is 0 Å². The molecule has 0 fully saturated rings. The van der Waals surface area contributed by atoms with Gasteiger partial charge in [-0.3, -0.25) is 4.79 Å². The molecule has 3 nitrogen and oxygen atoms in total. The molecule has 1 amide bonds. The fourth-order valence-electron chi connectivity index (χ4n) is 1.42. The predicted octanol–water partition coefficient (Wildman–Crippen LogP) is 1.91. The van der Waals surface area contributed by atoms with Gasteiger partial charge in [-0.1, -0.05) is 13.8 Å². The van der Waals surface area contributed by atoms with Gasteiger partial charge in [-0.15, -0.1) is 12.4 Å². The van der Waals surface area contributed by atoms with E-state index < -0.39 is 0 Å². The summed E-state index contributed by atoms with van der Waals surface area (Å²) in [6.07, 6.45) is 1.60. The first-order valence-corrected chi connectivity index (χ1v) is 5.54. The maximum absolute atomic E-state index is 11.7. The first-order chi connectivity index (χ1) is 6.61. The van der Waals surface area contributed by atoms with Crippen LogP contribution < -0.4 is 5.32 Å². The summed E-state index contributed by atoms with van der Waals surface area (Å²) in [6, 6.07) is 0. The van der Waals surface area contributed by atoms with Crippen LogP contribution in [0.4, 0.5) is 0 Å². The van der Waals surface area contributed by atoms with E-state index in [0.717, 1.165) is 26.1 Å². The van der Waals surface area contributed by atoms with E-state index in [1.165, 1.54) is 0 Å². The van der Waals surface area contributed by atoms with Crippen molar-refractivity contribution in [3.8, 4) is 0 Å². The van der Waals surface area contributed by atoms with E-state index in [-0.39, 0.29) is 18.3 Å². The molecular formula is C11H25ClN2O. The van der Waals surface area contributed by atoms with Gasteiger partial charge in [0.15, 0.2) is 0 Å². The van der Waals surface area contributed by atoms with Gasteiger partial charge in [0.2, 0.25) is 5.91 Å². The molecule has 0 aromatic heterocycles. The molecule has 15 heavy (non-hydrogen) atoms. The van der Waals surface area contributed by atoms with Crippen LogP contribution in [-0.2, 0) is 4.79 Å². The Bertz CT molecular complexity index is 163. The monoisotopic (exact) mass is 236 g/mol. The summed E-state index contributed by atoms with van der Waals surface area (Å²) < 4.78 is 0. The number of nitrogens with one attached hydrogen (secondary N) is 1. The SMILES string of the molecule is CCN(CC(C)C)C(=O)CCCNC.Cl. The molecule has 1 N–H and O–H groups in total. The molecule has 0 bridgehead atoms. The molecule has 4 heteroatoms. The van der Waals surface area contributed by atoms with Gasteiger partial charge >= 0.3 is 0 Å². The number of carbonyl (C=O) groups excluding carboxylic acids is 1. The fraction of sp³-hybridized carbons (Fsp3) is 0.909. The lowest BCUT2D eigenvalue weighted by Crippen LogP contribution is -2.34. The topological polar surface area (TPSA) is 32.3 Å². The fourth-order valence-corrected chi connectivity index (χ4v) is 1.42. The minimum atomic E-state index is 0. The van der Waals surface area contributed by atoms with Crippen molar-refractivity contribution in [3.05, 3.63) is 0 Å². The summed E-state index contributed by atoms with van der Waals surface area (Å²) in [6.45, 7) is 8.96. The number of hydrogen-bond acceptors (Lipinski definition) is 2. The van der Waals surface area contributed by atoms with Crippen LogP contribution in [0.2, 0.25) is 0 Å². The summed E-state index contributed by atoms with van der Waals surface area (Å²) in [7, 11) is 1.91. The van der Waals surface area contributed by atoms with Crippen molar-refractivity contribution in [3.63, 3.8) is 0 Å². The summed E-state index contributed by atoms with van der Waals surface area (Å²) in [4.78, 5) is 13.6. The van der Waals surface area contributed by atoms with Crippen LogP contribution in [0.25, 0.3) is 0 Å². The number of halogens is 1. The van der Waals surface area contributed by atoms with E-state index in [2.05, 4.69) is 19.2 Å². The number of hydrogen-bond donors (Lipinski definition) is 1. The van der Waals surface area contributed by atoms with E-state index >= 15 is 0 Å². The zero-order valence-electron chi connectivity index (χ0n) is 10.4. The summed E-state index contributed by atoms with van der Waals surface area (Å²) in [5.74, 6) is 0.847. The lowest BCUT2D eigenvalue weighted by molar-refractivity contribution is -0.131. The lowest BCUT2D eigenvalue weighted by atomic mass is 10.2. The van der Waals surface area contributed by atoms with Gasteiger partial charge in [0, 0.05) is 19.5 Å². The Kier molecular flexibility index (Phi) is 11.7. The van der Waals surface area contributed by atoms with E-state index in [0.29, 0.717) is 12.3 Å². The second-order valence-corrected chi connectivity index (χ2v) is 4.03. The van der Waals surface area contributed by atoms with Crippen LogP contribution in [0, 0.1) is 5.92 Å². The van der Waals surface area contributed by atoms with Crippen LogP contribution in [-0.4, -0.2) is 37.5 Å². The maximum atomic E-state index is 11.7. The number of rotatable bonds is 7. The zero-order chi connectivity index (χ0) is 11.0. The van der Waals surface area contributed by atoms with Crippen molar-refractivity contribution in [2.75, 3.05) is 26.7 Å². The first-order valence-electron chi connectivity index (χ1n) is 5.54. The molecular weight excluding hydrogens is 212 g/mol. The molecule has 0 rings (SSSR count). The molecule has 0 aromatic rings. The van der Waals surface area contributed by atoms with E-state index in [1.807, 2.05) is 18.9 Å². The number of nitrogens with zero attached hydrogens (tertiary/aromatic N) is 1. The highest BCUT2D eigenvalue weighted by Gasteiger charge is 2.11. The van der Waals surface area contributed by atoms with Crippen molar-refractivity contribution in [2.45, 2.75) is 33.6 Å². The van der Waals surface area contributed by atoms with Crippen LogP contribution in [0.3, 0.4) is 0 Å². The van der Waals surface area contributed by atoms with Crippen molar-refractivity contribution < 1.29 is 4.79 Å². The molecule has 0 unspecified atom stereocenters. The van der Waals surface area contributed by atoms with Gasteiger partial charge < -0.3 is 10.2 Å². The Morgan fingerprint density at radius 3 is 2.40 bits per heavy atom. The Labute approximate surface area is 100 Å². The van der Waals surface area contributed by atoms with Crippen LogP contribution in [0.1, 0.15) is 33.6 Å². The molecule has 0 aromatic carbocycles. The minimum Gasteiger partial charge on any atom is -0.343 e. The molecule has 0 radical (unpaired) electrons. The molecule has 0 saturated carbocycles. The second-order valence-electron chi connectivity index (χ2n) is 4.03. The number of carbonyl (C=O) groups is 1. The van der Waals surface area contributed by atoms with Crippen molar-refractivity contribution in [1.82, 2.24) is 10.2 Å². The third kappa shape index (κ3) is 8.70. The molecule has 92 valence electrons. The molecule has 0 aliphatic rings. The Balaban J connectivity index is 0. The normalized spacial score (nSPS) is 9.93. The van der Waals surface area contributed by atoms with E-state index in [9.17, 15) is 4.79 Å². The quantitative estimate of drug-likeness (QED) is 0.685. The highest BCUT2D eigenvalue weighted by atomic mass is 35.5. The largest absolute Gasteiger partial charge is 0.343 e. The summed E-state index contributed by atoms with van der Waals surface area (Å²) in [5.41, 5.74) is 0. The van der Waals surface area contributed by atoms with Gasteiger partial charge in [0.05, 0.1) is 0 Å². The van der Waals surface area contributed by atoms with Gasteiger partial charge in [0.1, 0.15) is 0 Å². The van der Waals surface area contributed by atoms with Crippen molar-refractivity contribution >= 4 is 18.3 Å². The molecule has 0 saturated heterocycles. The van der Waals surface area contributed by atoms with Crippen LogP contribution in [0.15, 0.2) is 0 Å². The van der Waals surface area contributed by atoms with Crippen molar-refractivity contribution in [2.24, 2.45) is 5.92 Å². The average molecular weight is 237 g/mol. The Hall–Kier alpha value is -0.280. The number of amides is 1. The molecule has 0 spiro atoms. The Morgan fingerprint density at radius 1 is 1.40 bits per heavy atom. The summed E-state index contributed by atoms with van der Waals surface area (Å²) >= 11 is 0. The van der Waals surface area contributed by atoms with Crippen LogP contribution in [0.5, 0.6) is 0 Å². The second kappa shape index (κ2) is 10.2. The average Bonchev–Trinajstić information content (AvgIpc) is 2.14. The summed E-state index contributed by atoms with van der Waals surface area (Å²) in [5, 5.41) is 3.05. The third-order valence-corrected chi connectivity index (χ3v) is 2.14. The maximum Gasteiger partial charge on any atom is 0.222 e.